The Morgan fingerprint density at radius 3 is 1.40 bits per heavy atom. The van der Waals surface area contributed by atoms with E-state index in [1.54, 1.807) is 0 Å². The Labute approximate surface area is 282 Å². The van der Waals surface area contributed by atoms with E-state index in [0.29, 0.717) is 0 Å². The molecule has 8 aromatic carbocycles. The van der Waals surface area contributed by atoms with Crippen LogP contribution in [0.2, 0.25) is 0 Å². The number of rotatable bonds is 6. The Hall–Kier alpha value is -5.86. The second-order valence-electron chi connectivity index (χ2n) is 12.8. The first kappa shape index (κ1) is 28.4. The van der Waals surface area contributed by atoms with E-state index in [1.807, 2.05) is 0 Å². The number of para-hydroxylation sites is 4. The highest BCUT2D eigenvalue weighted by Gasteiger charge is 2.26. The van der Waals surface area contributed by atoms with Crippen LogP contribution in [-0.2, 0) is 12.8 Å². The standard InChI is InChI=1S/C46H36N2/c1-5-19-36(20-6-1)47(37-21-7-2-8-22-37)45-41-28-16-14-18-34(41)31-43-42(45)32-35-30-29-33-17-13-15-27-40(33)44(35)46(43)48(38-23-9-3-10-24-38)39-25-11-4-12-26-39/h1-12,14,16,18-26,28-32H,13,15,17,27H2. The summed E-state index contributed by atoms with van der Waals surface area (Å²) in [6, 6.07) is 62.0. The predicted octanol–water partition coefficient (Wildman–Crippen LogP) is 13.0. The Bertz CT molecular complexity index is 2300. The molecule has 0 amide bonds. The molecule has 0 atom stereocenters. The van der Waals surface area contributed by atoms with Gasteiger partial charge in [-0.2, -0.15) is 0 Å². The number of anilines is 6. The van der Waals surface area contributed by atoms with Crippen LogP contribution in [0, 0.1) is 0 Å². The van der Waals surface area contributed by atoms with Crippen molar-refractivity contribution in [2.75, 3.05) is 9.80 Å². The summed E-state index contributed by atoms with van der Waals surface area (Å²) in [5.74, 6) is 0. The van der Waals surface area contributed by atoms with E-state index >= 15 is 0 Å². The van der Waals surface area contributed by atoms with Crippen molar-refractivity contribution in [1.82, 2.24) is 0 Å². The number of aryl methyl sites for hydroxylation is 2. The molecule has 9 rings (SSSR count). The molecule has 0 heterocycles. The van der Waals surface area contributed by atoms with E-state index in [9.17, 15) is 0 Å². The summed E-state index contributed by atoms with van der Waals surface area (Å²) in [7, 11) is 0. The van der Waals surface area contributed by atoms with Gasteiger partial charge in [0.15, 0.2) is 0 Å². The number of hydrogen-bond acceptors (Lipinski definition) is 2. The maximum absolute atomic E-state index is 2.51. The molecule has 0 bridgehead atoms. The molecule has 1 aliphatic carbocycles. The summed E-state index contributed by atoms with van der Waals surface area (Å²) in [6.45, 7) is 0. The van der Waals surface area contributed by atoms with Crippen molar-refractivity contribution in [2.45, 2.75) is 25.7 Å². The quantitative estimate of drug-likeness (QED) is 0.172. The molecule has 0 fully saturated rings. The minimum Gasteiger partial charge on any atom is -0.309 e. The third-order valence-corrected chi connectivity index (χ3v) is 9.92. The van der Waals surface area contributed by atoms with Crippen LogP contribution in [0.3, 0.4) is 0 Å². The first-order chi connectivity index (χ1) is 23.8. The highest BCUT2D eigenvalue weighted by molar-refractivity contribution is 6.24. The molecule has 230 valence electrons. The lowest BCUT2D eigenvalue weighted by molar-refractivity contribution is 0.690. The minimum absolute atomic E-state index is 1.10. The van der Waals surface area contributed by atoms with E-state index in [2.05, 4.69) is 180 Å². The average molecular weight is 617 g/mol. The number of nitrogens with zero attached hydrogens (tertiary/aromatic N) is 2. The largest absolute Gasteiger partial charge is 0.309 e. The Kier molecular flexibility index (Phi) is 7.13. The van der Waals surface area contributed by atoms with Crippen LogP contribution in [0.1, 0.15) is 24.0 Å². The SMILES string of the molecule is c1ccc(N(c2ccccc2)c2c3ccccc3cc3c(N(c4ccccc4)c4ccccc4)c4c5c(ccc4cc23)CCCC5)cc1. The summed E-state index contributed by atoms with van der Waals surface area (Å²) in [5, 5.41) is 7.60. The predicted molar refractivity (Wildman–Crippen MR) is 205 cm³/mol. The second-order valence-corrected chi connectivity index (χ2v) is 12.8. The molecule has 0 spiro atoms. The van der Waals surface area contributed by atoms with Gasteiger partial charge < -0.3 is 9.80 Å². The first-order valence-corrected chi connectivity index (χ1v) is 17.1. The summed E-state index contributed by atoms with van der Waals surface area (Å²) >= 11 is 0. The molecule has 1 aliphatic rings. The maximum Gasteiger partial charge on any atom is 0.0622 e. The van der Waals surface area contributed by atoms with Crippen molar-refractivity contribution in [3.8, 4) is 0 Å². The van der Waals surface area contributed by atoms with Crippen LogP contribution in [0.15, 0.2) is 170 Å². The molecule has 0 saturated carbocycles. The highest BCUT2D eigenvalue weighted by Crippen LogP contribution is 2.51. The third kappa shape index (κ3) is 4.80. The van der Waals surface area contributed by atoms with Crippen molar-refractivity contribution >= 4 is 66.4 Å². The summed E-state index contributed by atoms with van der Waals surface area (Å²) in [6.07, 6.45) is 4.71. The fraction of sp³-hybridized carbons (Fsp3) is 0.0870. The van der Waals surface area contributed by atoms with Crippen molar-refractivity contribution in [3.63, 3.8) is 0 Å². The van der Waals surface area contributed by atoms with Gasteiger partial charge in [-0.3, -0.25) is 0 Å². The number of benzene rings is 8. The third-order valence-electron chi connectivity index (χ3n) is 9.92. The van der Waals surface area contributed by atoms with Crippen molar-refractivity contribution in [1.29, 1.82) is 0 Å². The molecular weight excluding hydrogens is 581 g/mol. The van der Waals surface area contributed by atoms with Crippen molar-refractivity contribution in [3.05, 3.63) is 181 Å². The van der Waals surface area contributed by atoms with Gasteiger partial charge >= 0.3 is 0 Å². The maximum atomic E-state index is 2.51. The Balaban J connectivity index is 1.50. The summed E-state index contributed by atoms with van der Waals surface area (Å²) in [4.78, 5) is 4.96. The van der Waals surface area contributed by atoms with Gasteiger partial charge in [0.25, 0.3) is 0 Å². The normalized spacial score (nSPS) is 12.7. The first-order valence-electron chi connectivity index (χ1n) is 17.1. The monoisotopic (exact) mass is 616 g/mol. The van der Waals surface area contributed by atoms with Gasteiger partial charge in [0.05, 0.1) is 11.4 Å². The van der Waals surface area contributed by atoms with Gasteiger partial charge in [-0.1, -0.05) is 109 Å². The lowest BCUT2D eigenvalue weighted by Gasteiger charge is -2.33. The highest BCUT2D eigenvalue weighted by atomic mass is 15.2. The lowest BCUT2D eigenvalue weighted by Crippen LogP contribution is -2.14. The molecule has 8 aromatic rings. The molecule has 2 heteroatoms. The molecular formula is C46H36N2. The Morgan fingerprint density at radius 2 is 0.812 bits per heavy atom. The van der Waals surface area contributed by atoms with Gasteiger partial charge in [0.1, 0.15) is 0 Å². The zero-order chi connectivity index (χ0) is 31.9. The van der Waals surface area contributed by atoms with E-state index in [0.717, 1.165) is 35.6 Å². The van der Waals surface area contributed by atoms with Gasteiger partial charge in [0.2, 0.25) is 0 Å². The molecule has 0 unspecified atom stereocenters. The second kappa shape index (κ2) is 12.1. The zero-order valence-corrected chi connectivity index (χ0v) is 26.9. The van der Waals surface area contributed by atoms with Crippen LogP contribution < -0.4 is 9.80 Å². The van der Waals surface area contributed by atoms with E-state index in [1.165, 1.54) is 67.7 Å². The minimum atomic E-state index is 1.10. The fourth-order valence-electron chi connectivity index (χ4n) is 7.82. The molecule has 48 heavy (non-hydrogen) atoms. The van der Waals surface area contributed by atoms with E-state index < -0.39 is 0 Å². The molecule has 2 nitrogen and oxygen atoms in total. The molecule has 0 saturated heterocycles. The summed E-state index contributed by atoms with van der Waals surface area (Å²) < 4.78 is 0. The van der Waals surface area contributed by atoms with Crippen molar-refractivity contribution < 1.29 is 0 Å². The lowest BCUT2D eigenvalue weighted by atomic mass is 9.84. The number of hydrogen-bond donors (Lipinski definition) is 0. The van der Waals surface area contributed by atoms with Crippen LogP contribution in [0.5, 0.6) is 0 Å². The Morgan fingerprint density at radius 1 is 0.354 bits per heavy atom. The number of fused-ring (bicyclic) bond motifs is 5. The van der Waals surface area contributed by atoms with Crippen molar-refractivity contribution in [2.24, 2.45) is 0 Å². The smallest absolute Gasteiger partial charge is 0.0622 e. The average Bonchev–Trinajstić information content (AvgIpc) is 3.16. The van der Waals surface area contributed by atoms with Gasteiger partial charge in [-0.15, -0.1) is 0 Å². The zero-order valence-electron chi connectivity index (χ0n) is 26.9. The molecule has 0 aliphatic heterocycles. The van der Waals surface area contributed by atoms with Gasteiger partial charge in [-0.25, -0.2) is 0 Å². The van der Waals surface area contributed by atoms with Crippen LogP contribution in [-0.4, -0.2) is 0 Å². The van der Waals surface area contributed by atoms with Crippen LogP contribution in [0.4, 0.5) is 34.1 Å². The van der Waals surface area contributed by atoms with Gasteiger partial charge in [0, 0.05) is 44.3 Å². The molecule has 0 N–H and O–H groups in total. The topological polar surface area (TPSA) is 6.48 Å². The van der Waals surface area contributed by atoms with Gasteiger partial charge in [-0.05, 0) is 108 Å². The molecule has 0 radical (unpaired) electrons. The van der Waals surface area contributed by atoms with Crippen LogP contribution >= 0.6 is 0 Å². The van der Waals surface area contributed by atoms with Crippen LogP contribution in [0.25, 0.3) is 32.3 Å². The van der Waals surface area contributed by atoms with E-state index in [4.69, 9.17) is 0 Å². The molecule has 0 aromatic heterocycles. The fourth-order valence-corrected chi connectivity index (χ4v) is 7.82. The van der Waals surface area contributed by atoms with E-state index in [-0.39, 0.29) is 0 Å². The summed E-state index contributed by atoms with van der Waals surface area (Å²) in [5.41, 5.74) is 10.0.